The average Bonchev–Trinajstić information content (AvgIpc) is 2.98. The van der Waals surface area contributed by atoms with Gasteiger partial charge < -0.3 is 4.90 Å². The highest BCUT2D eigenvalue weighted by Gasteiger charge is 2.19. The van der Waals surface area contributed by atoms with Gasteiger partial charge in [-0.15, -0.1) is 0 Å². The summed E-state index contributed by atoms with van der Waals surface area (Å²) in [5.74, 6) is 0. The van der Waals surface area contributed by atoms with Gasteiger partial charge in [-0.1, -0.05) is 127 Å². The largest absolute Gasteiger partial charge is 0.309 e. The third-order valence-corrected chi connectivity index (χ3v) is 7.23. The first-order valence-corrected chi connectivity index (χ1v) is 12.7. The van der Waals surface area contributed by atoms with E-state index in [0.29, 0.717) is 0 Å². The Bertz CT molecular complexity index is 1860. The van der Waals surface area contributed by atoms with E-state index in [4.69, 9.17) is 0 Å². The maximum absolute atomic E-state index is 2.42. The highest BCUT2D eigenvalue weighted by atomic mass is 15.1. The Balaban J connectivity index is 1.52. The molecule has 0 amide bonds. The summed E-state index contributed by atoms with van der Waals surface area (Å²) in [6, 6.07) is 54.5. The summed E-state index contributed by atoms with van der Waals surface area (Å²) in [5, 5.41) is 7.48. The molecule has 0 N–H and O–H groups in total. The van der Waals surface area contributed by atoms with Crippen molar-refractivity contribution in [3.05, 3.63) is 152 Å². The van der Waals surface area contributed by atoms with Crippen molar-refractivity contribution in [3.63, 3.8) is 0 Å². The lowest BCUT2D eigenvalue weighted by Crippen LogP contribution is -2.11. The van der Waals surface area contributed by atoms with E-state index in [0.717, 1.165) is 5.69 Å². The van der Waals surface area contributed by atoms with E-state index in [1.165, 1.54) is 54.8 Å². The lowest BCUT2D eigenvalue weighted by molar-refractivity contribution is 1.32. The van der Waals surface area contributed by atoms with E-state index in [9.17, 15) is 0 Å². The predicted molar refractivity (Wildman–Crippen MR) is 159 cm³/mol. The molecule has 0 spiro atoms. The first kappa shape index (κ1) is 21.4. The van der Waals surface area contributed by atoms with Crippen LogP contribution in [0.1, 0.15) is 0 Å². The number of rotatable bonds is 4. The number of benzene rings is 7. The molecule has 0 unspecified atom stereocenters. The highest BCUT2D eigenvalue weighted by molar-refractivity contribution is 6.15. The Labute approximate surface area is 216 Å². The van der Waals surface area contributed by atoms with Crippen LogP contribution in [0.5, 0.6) is 0 Å². The molecule has 7 rings (SSSR count). The average molecular weight is 472 g/mol. The quantitative estimate of drug-likeness (QED) is 0.231. The van der Waals surface area contributed by atoms with Gasteiger partial charge in [-0.05, 0) is 56.9 Å². The van der Waals surface area contributed by atoms with Crippen LogP contribution in [0.3, 0.4) is 0 Å². The first-order valence-electron chi connectivity index (χ1n) is 12.7. The van der Waals surface area contributed by atoms with Crippen LogP contribution >= 0.6 is 0 Å². The van der Waals surface area contributed by atoms with Crippen molar-refractivity contribution in [2.45, 2.75) is 0 Å². The number of hydrogen-bond donors (Lipinski definition) is 0. The summed E-state index contributed by atoms with van der Waals surface area (Å²) in [4.78, 5) is 2.42. The molecule has 0 heterocycles. The minimum absolute atomic E-state index is 1.14. The van der Waals surface area contributed by atoms with Gasteiger partial charge in [-0.25, -0.2) is 0 Å². The Hall–Kier alpha value is -4.88. The molecular formula is C36H25N. The molecule has 0 saturated heterocycles. The Kier molecular flexibility index (Phi) is 5.19. The van der Waals surface area contributed by atoms with Gasteiger partial charge in [-0.2, -0.15) is 0 Å². The van der Waals surface area contributed by atoms with E-state index >= 15 is 0 Å². The molecule has 1 nitrogen and oxygen atoms in total. The van der Waals surface area contributed by atoms with Crippen LogP contribution in [0.25, 0.3) is 43.4 Å². The SMILES string of the molecule is c1ccc(-c2ccc(N(c3cccc4ccccc34)c3cc4ccccc4c4ccccc34)cc2)cc1. The molecule has 0 aliphatic carbocycles. The second kappa shape index (κ2) is 8.96. The minimum atomic E-state index is 1.14. The molecule has 7 aromatic rings. The van der Waals surface area contributed by atoms with E-state index in [1.54, 1.807) is 0 Å². The summed E-state index contributed by atoms with van der Waals surface area (Å²) in [6.45, 7) is 0. The maximum Gasteiger partial charge on any atom is 0.0546 e. The normalized spacial score (nSPS) is 11.2. The van der Waals surface area contributed by atoms with Crippen LogP contribution in [0.2, 0.25) is 0 Å². The van der Waals surface area contributed by atoms with Gasteiger partial charge in [-0.3, -0.25) is 0 Å². The zero-order valence-corrected chi connectivity index (χ0v) is 20.4. The monoisotopic (exact) mass is 471 g/mol. The van der Waals surface area contributed by atoms with E-state index in [2.05, 4.69) is 157 Å². The third-order valence-electron chi connectivity index (χ3n) is 7.23. The van der Waals surface area contributed by atoms with Gasteiger partial charge in [0.05, 0.1) is 11.4 Å². The van der Waals surface area contributed by atoms with E-state index < -0.39 is 0 Å². The summed E-state index contributed by atoms with van der Waals surface area (Å²) >= 11 is 0. The third kappa shape index (κ3) is 3.73. The number of hydrogen-bond acceptors (Lipinski definition) is 1. The van der Waals surface area contributed by atoms with Crippen molar-refractivity contribution in [1.82, 2.24) is 0 Å². The molecule has 0 atom stereocenters. The number of anilines is 3. The van der Waals surface area contributed by atoms with E-state index in [-0.39, 0.29) is 0 Å². The van der Waals surface area contributed by atoms with Crippen LogP contribution in [-0.4, -0.2) is 0 Å². The van der Waals surface area contributed by atoms with Crippen molar-refractivity contribution in [3.8, 4) is 11.1 Å². The van der Waals surface area contributed by atoms with Crippen molar-refractivity contribution < 1.29 is 0 Å². The Morgan fingerprint density at radius 3 is 1.68 bits per heavy atom. The van der Waals surface area contributed by atoms with Crippen molar-refractivity contribution in [1.29, 1.82) is 0 Å². The summed E-state index contributed by atoms with van der Waals surface area (Å²) in [5.41, 5.74) is 5.92. The van der Waals surface area contributed by atoms with Crippen molar-refractivity contribution >= 4 is 49.4 Å². The number of nitrogens with zero attached hydrogens (tertiary/aromatic N) is 1. The van der Waals surface area contributed by atoms with Crippen LogP contribution in [0.15, 0.2) is 152 Å². The van der Waals surface area contributed by atoms with Crippen molar-refractivity contribution in [2.75, 3.05) is 4.90 Å². The standard InChI is InChI=1S/C36H25N/c1-2-11-26(12-3-1)27-21-23-30(24-22-27)37(35-20-10-15-28-13-4-7-17-32(28)35)36-25-29-14-5-6-16-31(29)33-18-8-9-19-34(33)36/h1-25H. The molecular weight excluding hydrogens is 446 g/mol. The minimum Gasteiger partial charge on any atom is -0.309 e. The second-order valence-corrected chi connectivity index (χ2v) is 9.41. The van der Waals surface area contributed by atoms with Gasteiger partial charge in [0.2, 0.25) is 0 Å². The molecule has 174 valence electrons. The molecule has 7 aromatic carbocycles. The zero-order chi connectivity index (χ0) is 24.6. The fourth-order valence-electron chi connectivity index (χ4n) is 5.46. The predicted octanol–water partition coefficient (Wildman–Crippen LogP) is 10.3. The van der Waals surface area contributed by atoms with E-state index in [1.807, 2.05) is 0 Å². The first-order chi connectivity index (χ1) is 18.4. The number of fused-ring (bicyclic) bond motifs is 4. The van der Waals surface area contributed by atoms with Gasteiger partial charge in [0.15, 0.2) is 0 Å². The lowest BCUT2D eigenvalue weighted by atomic mass is 9.98. The zero-order valence-electron chi connectivity index (χ0n) is 20.4. The summed E-state index contributed by atoms with van der Waals surface area (Å²) in [7, 11) is 0. The summed E-state index contributed by atoms with van der Waals surface area (Å²) < 4.78 is 0. The van der Waals surface area contributed by atoms with Gasteiger partial charge in [0.1, 0.15) is 0 Å². The van der Waals surface area contributed by atoms with Crippen LogP contribution < -0.4 is 4.90 Å². The summed E-state index contributed by atoms with van der Waals surface area (Å²) in [6.07, 6.45) is 0. The molecule has 0 radical (unpaired) electrons. The van der Waals surface area contributed by atoms with Crippen molar-refractivity contribution in [2.24, 2.45) is 0 Å². The topological polar surface area (TPSA) is 3.24 Å². The molecule has 0 aromatic heterocycles. The fraction of sp³-hybridized carbons (Fsp3) is 0. The Morgan fingerprint density at radius 2 is 0.892 bits per heavy atom. The molecule has 37 heavy (non-hydrogen) atoms. The van der Waals surface area contributed by atoms with Crippen LogP contribution in [-0.2, 0) is 0 Å². The highest BCUT2D eigenvalue weighted by Crippen LogP contribution is 2.44. The lowest BCUT2D eigenvalue weighted by Gasteiger charge is -2.29. The second-order valence-electron chi connectivity index (χ2n) is 9.41. The maximum atomic E-state index is 2.42. The molecule has 0 fully saturated rings. The molecule has 0 aliphatic rings. The molecule has 1 heteroatoms. The van der Waals surface area contributed by atoms with Crippen LogP contribution in [0, 0.1) is 0 Å². The fourth-order valence-corrected chi connectivity index (χ4v) is 5.46. The van der Waals surface area contributed by atoms with Gasteiger partial charge >= 0.3 is 0 Å². The van der Waals surface area contributed by atoms with Gasteiger partial charge in [0, 0.05) is 16.5 Å². The van der Waals surface area contributed by atoms with Crippen LogP contribution in [0.4, 0.5) is 17.1 Å². The Morgan fingerprint density at radius 1 is 0.324 bits per heavy atom. The molecule has 0 aliphatic heterocycles. The van der Waals surface area contributed by atoms with Gasteiger partial charge in [0.25, 0.3) is 0 Å². The molecule has 0 saturated carbocycles. The molecule has 0 bridgehead atoms. The smallest absolute Gasteiger partial charge is 0.0546 e.